The molecule has 3 aromatic rings. The number of amides is 2. The Morgan fingerprint density at radius 3 is 2.26 bits per heavy atom. The van der Waals surface area contributed by atoms with E-state index in [4.69, 9.17) is 14.2 Å². The molecule has 0 spiro atoms. The van der Waals surface area contributed by atoms with Crippen LogP contribution in [-0.4, -0.2) is 61.3 Å². The van der Waals surface area contributed by atoms with Crippen molar-refractivity contribution < 1.29 is 32.2 Å². The van der Waals surface area contributed by atoms with Gasteiger partial charge in [0.15, 0.2) is 11.5 Å². The molecular formula is C28H33N3O7S. The van der Waals surface area contributed by atoms with Crippen LogP contribution in [0.3, 0.4) is 0 Å². The van der Waals surface area contributed by atoms with Crippen LogP contribution in [0.2, 0.25) is 0 Å². The first-order chi connectivity index (χ1) is 18.7. The Labute approximate surface area is 228 Å². The summed E-state index contributed by atoms with van der Waals surface area (Å²) in [5, 5.41) is 5.48. The van der Waals surface area contributed by atoms with Gasteiger partial charge in [0.1, 0.15) is 6.54 Å². The zero-order valence-corrected chi connectivity index (χ0v) is 23.2. The van der Waals surface area contributed by atoms with Crippen molar-refractivity contribution in [2.24, 2.45) is 0 Å². The van der Waals surface area contributed by atoms with E-state index in [0.717, 1.165) is 9.87 Å². The summed E-state index contributed by atoms with van der Waals surface area (Å²) in [4.78, 5) is 26.0. The minimum absolute atomic E-state index is 0.0199. The Bertz CT molecular complexity index is 1390. The van der Waals surface area contributed by atoms with E-state index >= 15 is 0 Å². The summed E-state index contributed by atoms with van der Waals surface area (Å²) in [5.74, 6) is -0.301. The number of benzene rings is 3. The van der Waals surface area contributed by atoms with Gasteiger partial charge >= 0.3 is 0 Å². The Kier molecular flexibility index (Phi) is 10.3. The molecule has 11 heteroatoms. The summed E-state index contributed by atoms with van der Waals surface area (Å²) in [5.41, 5.74) is 1.60. The van der Waals surface area contributed by atoms with Crippen molar-refractivity contribution in [3.05, 3.63) is 77.9 Å². The highest BCUT2D eigenvalue weighted by molar-refractivity contribution is 7.92. The SMILES string of the molecule is COCCCNC(=O)c1ccccc1NC(=O)CN(c1ccc(OC)c(OC)c1)S(=O)(=O)c1ccc(C)cc1. The molecule has 0 bridgehead atoms. The third-order valence-electron chi connectivity index (χ3n) is 5.81. The van der Waals surface area contributed by atoms with E-state index in [0.29, 0.717) is 31.1 Å². The number of rotatable bonds is 13. The maximum Gasteiger partial charge on any atom is 0.264 e. The highest BCUT2D eigenvalue weighted by atomic mass is 32.2. The predicted octanol–water partition coefficient (Wildman–Crippen LogP) is 3.61. The number of hydrogen-bond acceptors (Lipinski definition) is 7. The monoisotopic (exact) mass is 555 g/mol. The van der Waals surface area contributed by atoms with E-state index in [1.807, 2.05) is 6.92 Å². The number of methoxy groups -OCH3 is 3. The maximum absolute atomic E-state index is 13.7. The lowest BCUT2D eigenvalue weighted by atomic mass is 10.1. The van der Waals surface area contributed by atoms with Crippen molar-refractivity contribution in [2.75, 3.05) is 50.6 Å². The molecule has 0 radical (unpaired) electrons. The molecule has 0 saturated heterocycles. The highest BCUT2D eigenvalue weighted by Gasteiger charge is 2.28. The van der Waals surface area contributed by atoms with Gasteiger partial charge in [0.2, 0.25) is 5.91 Å². The summed E-state index contributed by atoms with van der Waals surface area (Å²) >= 11 is 0. The van der Waals surface area contributed by atoms with Gasteiger partial charge in [-0.3, -0.25) is 13.9 Å². The number of aryl methyl sites for hydroxylation is 1. The first kappa shape index (κ1) is 29.5. The van der Waals surface area contributed by atoms with E-state index in [1.165, 1.54) is 38.5 Å². The van der Waals surface area contributed by atoms with Gasteiger partial charge in [0.25, 0.3) is 15.9 Å². The number of carbonyl (C=O) groups is 2. The molecule has 0 aliphatic heterocycles. The Balaban J connectivity index is 1.92. The minimum atomic E-state index is -4.16. The summed E-state index contributed by atoms with van der Waals surface area (Å²) in [7, 11) is 0.323. The molecule has 2 N–H and O–H groups in total. The quantitative estimate of drug-likeness (QED) is 0.309. The molecule has 0 aliphatic carbocycles. The number of nitrogens with one attached hydrogen (secondary N) is 2. The fraction of sp³-hybridized carbons (Fsp3) is 0.286. The number of hydrogen-bond donors (Lipinski definition) is 2. The molecule has 0 aliphatic rings. The highest BCUT2D eigenvalue weighted by Crippen LogP contribution is 2.34. The first-order valence-electron chi connectivity index (χ1n) is 12.2. The van der Waals surface area contributed by atoms with Gasteiger partial charge in [-0.15, -0.1) is 0 Å². The predicted molar refractivity (Wildman–Crippen MR) is 149 cm³/mol. The zero-order chi connectivity index (χ0) is 28.4. The van der Waals surface area contributed by atoms with Crippen molar-refractivity contribution in [3.8, 4) is 11.5 Å². The van der Waals surface area contributed by atoms with Crippen molar-refractivity contribution in [2.45, 2.75) is 18.2 Å². The first-order valence-corrected chi connectivity index (χ1v) is 13.6. The largest absolute Gasteiger partial charge is 0.493 e. The number of ether oxygens (including phenoxy) is 3. The van der Waals surface area contributed by atoms with Crippen LogP contribution in [-0.2, 0) is 19.6 Å². The molecule has 2 amide bonds. The number of nitrogens with zero attached hydrogens (tertiary/aromatic N) is 1. The topological polar surface area (TPSA) is 123 Å². The Morgan fingerprint density at radius 1 is 0.897 bits per heavy atom. The van der Waals surface area contributed by atoms with Crippen molar-refractivity contribution in [1.82, 2.24) is 5.32 Å². The van der Waals surface area contributed by atoms with Crippen LogP contribution in [0.4, 0.5) is 11.4 Å². The van der Waals surface area contributed by atoms with Crippen LogP contribution in [0, 0.1) is 6.92 Å². The lowest BCUT2D eigenvalue weighted by Crippen LogP contribution is -2.38. The smallest absolute Gasteiger partial charge is 0.264 e. The van der Waals surface area contributed by atoms with Crippen LogP contribution < -0.4 is 24.4 Å². The average molecular weight is 556 g/mol. The van der Waals surface area contributed by atoms with Gasteiger partial charge in [-0.05, 0) is 49.7 Å². The number of anilines is 2. The number of carbonyl (C=O) groups excluding carboxylic acids is 2. The molecule has 10 nitrogen and oxygen atoms in total. The third kappa shape index (κ3) is 7.49. The zero-order valence-electron chi connectivity index (χ0n) is 22.4. The number of para-hydroxylation sites is 1. The van der Waals surface area contributed by atoms with Gasteiger partial charge in [-0.2, -0.15) is 0 Å². The summed E-state index contributed by atoms with van der Waals surface area (Å²) in [6, 6.07) is 17.4. The van der Waals surface area contributed by atoms with Gasteiger partial charge in [-0.25, -0.2) is 8.42 Å². The molecule has 3 aromatic carbocycles. The summed E-state index contributed by atoms with van der Waals surface area (Å²) in [6.07, 6.45) is 0.633. The van der Waals surface area contributed by atoms with Crippen LogP contribution >= 0.6 is 0 Å². The van der Waals surface area contributed by atoms with Gasteiger partial charge in [-0.1, -0.05) is 29.8 Å². The molecule has 0 saturated carbocycles. The molecule has 0 aromatic heterocycles. The molecule has 208 valence electrons. The molecule has 39 heavy (non-hydrogen) atoms. The third-order valence-corrected chi connectivity index (χ3v) is 7.60. The van der Waals surface area contributed by atoms with Gasteiger partial charge < -0.3 is 24.8 Å². The molecule has 0 atom stereocenters. The van der Waals surface area contributed by atoms with E-state index in [9.17, 15) is 18.0 Å². The molecule has 0 fully saturated rings. The normalized spacial score (nSPS) is 11.0. The van der Waals surface area contributed by atoms with Crippen molar-refractivity contribution >= 4 is 33.2 Å². The second-order valence-electron chi connectivity index (χ2n) is 8.56. The Hall–Kier alpha value is -4.09. The Morgan fingerprint density at radius 2 is 1.59 bits per heavy atom. The van der Waals surface area contributed by atoms with Crippen LogP contribution in [0.1, 0.15) is 22.3 Å². The summed E-state index contributed by atoms with van der Waals surface area (Å²) < 4.78 is 44.1. The molecule has 0 heterocycles. The average Bonchev–Trinajstić information content (AvgIpc) is 2.94. The van der Waals surface area contributed by atoms with Gasteiger partial charge in [0, 0.05) is 26.3 Å². The summed E-state index contributed by atoms with van der Waals surface area (Å²) in [6.45, 7) is 2.19. The van der Waals surface area contributed by atoms with E-state index < -0.39 is 22.5 Å². The lowest BCUT2D eigenvalue weighted by Gasteiger charge is -2.25. The standard InChI is InChI=1S/C28H33N3O7S/c1-20-10-13-22(14-11-20)39(34,35)31(21-12-15-25(37-3)26(18-21)38-4)19-27(32)30-24-9-6-5-8-23(24)28(33)29-16-7-17-36-2/h5-6,8-15,18H,7,16-17,19H2,1-4H3,(H,29,33)(H,30,32). The fourth-order valence-electron chi connectivity index (χ4n) is 3.76. The van der Waals surface area contributed by atoms with Crippen LogP contribution in [0.5, 0.6) is 11.5 Å². The van der Waals surface area contributed by atoms with Crippen LogP contribution in [0.15, 0.2) is 71.6 Å². The lowest BCUT2D eigenvalue weighted by molar-refractivity contribution is -0.114. The van der Waals surface area contributed by atoms with E-state index in [-0.39, 0.29) is 27.7 Å². The molecule has 0 unspecified atom stereocenters. The second kappa shape index (κ2) is 13.6. The van der Waals surface area contributed by atoms with Gasteiger partial charge in [0.05, 0.1) is 36.1 Å². The van der Waals surface area contributed by atoms with E-state index in [1.54, 1.807) is 49.6 Å². The maximum atomic E-state index is 13.7. The fourth-order valence-corrected chi connectivity index (χ4v) is 5.17. The number of sulfonamides is 1. The van der Waals surface area contributed by atoms with Crippen molar-refractivity contribution in [3.63, 3.8) is 0 Å². The second-order valence-corrected chi connectivity index (χ2v) is 10.4. The van der Waals surface area contributed by atoms with Crippen molar-refractivity contribution in [1.29, 1.82) is 0 Å². The molecular weight excluding hydrogens is 522 g/mol. The molecule has 3 rings (SSSR count). The van der Waals surface area contributed by atoms with E-state index in [2.05, 4.69) is 10.6 Å². The van der Waals surface area contributed by atoms with Crippen LogP contribution in [0.25, 0.3) is 0 Å². The minimum Gasteiger partial charge on any atom is -0.493 e.